The summed E-state index contributed by atoms with van der Waals surface area (Å²) < 4.78 is 2.00. The predicted octanol–water partition coefficient (Wildman–Crippen LogP) is 3.47. The van der Waals surface area contributed by atoms with Crippen molar-refractivity contribution in [1.29, 1.82) is 0 Å². The van der Waals surface area contributed by atoms with Gasteiger partial charge in [0.1, 0.15) is 0 Å². The van der Waals surface area contributed by atoms with Crippen molar-refractivity contribution in [3.8, 4) is 0 Å². The summed E-state index contributed by atoms with van der Waals surface area (Å²) in [6, 6.07) is 0. The summed E-state index contributed by atoms with van der Waals surface area (Å²) in [6.45, 7) is 12.9. The first-order valence-corrected chi connectivity index (χ1v) is 5.52. The van der Waals surface area contributed by atoms with E-state index in [1.165, 1.54) is 16.7 Å². The van der Waals surface area contributed by atoms with Crippen molar-refractivity contribution in [2.24, 2.45) is 5.41 Å². The molecule has 0 spiro atoms. The van der Waals surface area contributed by atoms with Crippen molar-refractivity contribution in [3.05, 3.63) is 22.8 Å². The van der Waals surface area contributed by atoms with Crippen LogP contribution in [0.1, 0.15) is 41.5 Å². The summed E-state index contributed by atoms with van der Waals surface area (Å²) in [5, 5.41) is 0. The van der Waals surface area contributed by atoms with Crippen LogP contribution in [0.4, 0.5) is 0 Å². The number of hydrogen-bond acceptors (Lipinski definition) is 0. The molecule has 0 unspecified atom stereocenters. The summed E-state index contributed by atoms with van der Waals surface area (Å²) >= 11 is 2.00. The summed E-state index contributed by atoms with van der Waals surface area (Å²) in [5.41, 5.74) is 4.39. The molecule has 1 heteroatoms. The summed E-state index contributed by atoms with van der Waals surface area (Å²) in [6.07, 6.45) is 3.44. The van der Waals surface area contributed by atoms with Crippen LogP contribution in [-0.4, -0.2) is 4.31 Å². The standard InChI is InChI=1S/C10H15.C2H4.Ti/c1-7-6-10(4,5)9(3)8(7)2;1-2;/h1-5H3;1H,2H3;/q-1;;+1. The molecule has 0 N–H and O–H groups in total. The van der Waals surface area contributed by atoms with Crippen LogP contribution < -0.4 is 0 Å². The third-order valence-electron chi connectivity index (χ3n) is 2.56. The maximum absolute atomic E-state index is 3.44. The van der Waals surface area contributed by atoms with E-state index in [1.54, 1.807) is 0 Å². The second-order valence-corrected chi connectivity index (χ2v) is 4.82. The van der Waals surface area contributed by atoms with Crippen LogP contribution in [0.5, 0.6) is 0 Å². The Labute approximate surface area is 94.0 Å². The molecule has 0 saturated carbocycles. The van der Waals surface area contributed by atoms with Gasteiger partial charge in [-0.25, -0.2) is 5.57 Å². The second-order valence-electron chi connectivity index (χ2n) is 3.91. The molecule has 13 heavy (non-hydrogen) atoms. The Morgan fingerprint density at radius 2 is 1.62 bits per heavy atom. The van der Waals surface area contributed by atoms with Gasteiger partial charge in [0.25, 0.3) is 0 Å². The SMILES string of the molecule is CC1=[C-]C(C)(C)C(C)=C1C.C[CH]=[Ti+]. The summed E-state index contributed by atoms with van der Waals surface area (Å²) in [7, 11) is 0. The fourth-order valence-electron chi connectivity index (χ4n) is 1.41. The molecule has 0 aromatic heterocycles. The molecule has 1 rings (SSSR count). The van der Waals surface area contributed by atoms with Crippen LogP contribution in [-0.2, 0) is 20.0 Å². The average Bonchev–Trinajstić information content (AvgIpc) is 2.16. The Hall–Kier alpha value is 0.0643. The van der Waals surface area contributed by atoms with E-state index in [1.807, 2.05) is 31.2 Å². The Morgan fingerprint density at radius 1 is 1.23 bits per heavy atom. The van der Waals surface area contributed by atoms with Gasteiger partial charge >= 0.3 is 31.2 Å². The molecule has 0 bridgehead atoms. The minimum atomic E-state index is 0.189. The molecule has 0 aromatic carbocycles. The maximum atomic E-state index is 3.44. The fraction of sp³-hybridized carbons (Fsp3) is 0.583. The van der Waals surface area contributed by atoms with Gasteiger partial charge in [-0.15, -0.1) is 6.92 Å². The molecule has 0 atom stereocenters. The van der Waals surface area contributed by atoms with Crippen LogP contribution in [0.25, 0.3) is 0 Å². The quantitative estimate of drug-likeness (QED) is 0.425. The Morgan fingerprint density at radius 3 is 1.69 bits per heavy atom. The normalized spacial score (nSPS) is 19.2. The van der Waals surface area contributed by atoms with Crippen LogP contribution in [0, 0.1) is 11.5 Å². The Balaban J connectivity index is 0.000000424. The van der Waals surface area contributed by atoms with E-state index in [9.17, 15) is 0 Å². The van der Waals surface area contributed by atoms with Crippen LogP contribution in [0.15, 0.2) is 16.7 Å². The molecule has 0 heterocycles. The topological polar surface area (TPSA) is 0 Å². The number of rotatable bonds is 0. The predicted molar refractivity (Wildman–Crippen MR) is 56.3 cm³/mol. The van der Waals surface area contributed by atoms with Gasteiger partial charge in [0.05, 0.1) is 0 Å². The van der Waals surface area contributed by atoms with Crippen LogP contribution in [0.3, 0.4) is 0 Å². The zero-order chi connectivity index (χ0) is 10.6. The Kier molecular flexibility index (Phi) is 5.10. The van der Waals surface area contributed by atoms with Crippen molar-refractivity contribution in [2.75, 3.05) is 0 Å². The summed E-state index contributed by atoms with van der Waals surface area (Å²) in [5.74, 6) is 0. The fourth-order valence-corrected chi connectivity index (χ4v) is 1.41. The van der Waals surface area contributed by atoms with E-state index < -0.39 is 0 Å². The van der Waals surface area contributed by atoms with E-state index in [0.717, 1.165) is 0 Å². The van der Waals surface area contributed by atoms with E-state index in [0.29, 0.717) is 0 Å². The zero-order valence-corrected chi connectivity index (χ0v) is 11.1. The second kappa shape index (κ2) is 5.07. The van der Waals surface area contributed by atoms with Crippen molar-refractivity contribution in [2.45, 2.75) is 41.5 Å². The van der Waals surface area contributed by atoms with Gasteiger partial charge in [-0.2, -0.15) is 11.1 Å². The molecule has 0 saturated heterocycles. The van der Waals surface area contributed by atoms with Gasteiger partial charge in [-0.05, 0) is 0 Å². The number of allylic oxidation sites excluding steroid dienone is 4. The first-order valence-electron chi connectivity index (χ1n) is 4.62. The molecule has 71 valence electrons. The molecule has 0 aliphatic heterocycles. The van der Waals surface area contributed by atoms with Crippen LogP contribution >= 0.6 is 0 Å². The molecular weight excluding hydrogens is 192 g/mol. The first kappa shape index (κ1) is 13.1. The monoisotopic (exact) mass is 211 g/mol. The average molecular weight is 211 g/mol. The van der Waals surface area contributed by atoms with Gasteiger partial charge in [0, 0.05) is 0 Å². The number of hydrogen-bond donors (Lipinski definition) is 0. The minimum absolute atomic E-state index is 0.189. The Bertz CT molecular complexity index is 254. The van der Waals surface area contributed by atoms with Gasteiger partial charge < -0.3 is 0 Å². The molecular formula is C12H19Ti. The van der Waals surface area contributed by atoms with E-state index in [2.05, 4.69) is 40.7 Å². The van der Waals surface area contributed by atoms with Gasteiger partial charge in [0.15, 0.2) is 0 Å². The van der Waals surface area contributed by atoms with Crippen LogP contribution in [0.2, 0.25) is 0 Å². The third-order valence-corrected chi connectivity index (χ3v) is 2.56. The van der Waals surface area contributed by atoms with Crippen molar-refractivity contribution < 1.29 is 20.0 Å². The van der Waals surface area contributed by atoms with Gasteiger partial charge in [-0.3, -0.25) is 6.08 Å². The molecule has 0 nitrogen and oxygen atoms in total. The van der Waals surface area contributed by atoms with E-state index in [-0.39, 0.29) is 5.41 Å². The molecule has 1 aliphatic carbocycles. The summed E-state index contributed by atoms with van der Waals surface area (Å²) in [4.78, 5) is 0. The molecule has 1 aliphatic rings. The third kappa shape index (κ3) is 3.36. The van der Waals surface area contributed by atoms with Gasteiger partial charge in [-0.1, -0.05) is 33.1 Å². The van der Waals surface area contributed by atoms with Crippen molar-refractivity contribution in [1.82, 2.24) is 0 Å². The molecule has 0 fully saturated rings. The van der Waals surface area contributed by atoms with Crippen molar-refractivity contribution >= 4 is 4.31 Å². The molecule has 0 radical (unpaired) electrons. The van der Waals surface area contributed by atoms with E-state index >= 15 is 0 Å². The molecule has 0 aromatic rings. The van der Waals surface area contributed by atoms with Gasteiger partial charge in [0.2, 0.25) is 0 Å². The first-order chi connectivity index (χ1) is 5.86. The van der Waals surface area contributed by atoms with Crippen molar-refractivity contribution in [3.63, 3.8) is 0 Å². The zero-order valence-electron chi connectivity index (χ0n) is 9.58. The molecule has 0 amide bonds. The van der Waals surface area contributed by atoms with E-state index in [4.69, 9.17) is 0 Å².